The van der Waals surface area contributed by atoms with Gasteiger partial charge in [-0.15, -0.1) is 0 Å². The van der Waals surface area contributed by atoms with Gasteiger partial charge < -0.3 is 11.1 Å². The quantitative estimate of drug-likeness (QED) is 0.602. The van der Waals surface area contributed by atoms with Crippen LogP contribution in [0.15, 0.2) is 12.4 Å². The lowest BCUT2D eigenvalue weighted by Crippen LogP contribution is -2.17. The third-order valence-electron chi connectivity index (χ3n) is 1.65. The zero-order chi connectivity index (χ0) is 8.81. The van der Waals surface area contributed by atoms with Crippen LogP contribution >= 0.6 is 0 Å². The molecular weight excluding hydrogens is 152 g/mol. The summed E-state index contributed by atoms with van der Waals surface area (Å²) in [5, 5.41) is 7.35. The highest BCUT2D eigenvalue weighted by molar-refractivity contribution is 5.02. The summed E-state index contributed by atoms with van der Waals surface area (Å²) in [6.07, 6.45) is 4.91. The van der Waals surface area contributed by atoms with E-state index in [1.165, 1.54) is 5.56 Å². The van der Waals surface area contributed by atoms with Gasteiger partial charge in [0.25, 0.3) is 0 Å². The SMILES string of the molecule is Cn1cc(CNCCCN)cn1. The Kier molecular flexibility index (Phi) is 3.76. The molecule has 0 amide bonds. The molecule has 1 heterocycles. The molecule has 0 saturated heterocycles. The number of nitrogens with two attached hydrogens (primary N) is 1. The number of rotatable bonds is 5. The molecule has 1 rings (SSSR count). The van der Waals surface area contributed by atoms with Gasteiger partial charge in [0.05, 0.1) is 6.20 Å². The molecule has 0 bridgehead atoms. The van der Waals surface area contributed by atoms with Gasteiger partial charge in [-0.2, -0.15) is 5.10 Å². The lowest BCUT2D eigenvalue weighted by Gasteiger charge is -1.99. The van der Waals surface area contributed by atoms with Gasteiger partial charge in [0.15, 0.2) is 0 Å². The first-order chi connectivity index (χ1) is 5.83. The van der Waals surface area contributed by atoms with E-state index in [9.17, 15) is 0 Å². The van der Waals surface area contributed by atoms with Crippen LogP contribution in [0.2, 0.25) is 0 Å². The molecule has 0 radical (unpaired) electrons. The molecule has 3 N–H and O–H groups in total. The molecule has 0 aromatic carbocycles. The van der Waals surface area contributed by atoms with Crippen molar-refractivity contribution in [2.24, 2.45) is 12.8 Å². The van der Waals surface area contributed by atoms with E-state index in [1.807, 2.05) is 19.4 Å². The van der Waals surface area contributed by atoms with Crippen molar-refractivity contribution in [1.29, 1.82) is 0 Å². The van der Waals surface area contributed by atoms with E-state index in [-0.39, 0.29) is 0 Å². The molecule has 0 aliphatic rings. The zero-order valence-electron chi connectivity index (χ0n) is 7.45. The topological polar surface area (TPSA) is 55.9 Å². The van der Waals surface area contributed by atoms with Crippen LogP contribution in [0.5, 0.6) is 0 Å². The molecule has 12 heavy (non-hydrogen) atoms. The van der Waals surface area contributed by atoms with Gasteiger partial charge in [-0.3, -0.25) is 4.68 Å². The summed E-state index contributed by atoms with van der Waals surface area (Å²) < 4.78 is 1.81. The second-order valence-corrected chi connectivity index (χ2v) is 2.84. The summed E-state index contributed by atoms with van der Waals surface area (Å²) in [6.45, 7) is 2.61. The van der Waals surface area contributed by atoms with E-state index in [0.717, 1.165) is 26.1 Å². The predicted octanol–water partition coefficient (Wildman–Crippen LogP) is -0.141. The third-order valence-corrected chi connectivity index (χ3v) is 1.65. The highest BCUT2D eigenvalue weighted by Crippen LogP contribution is 1.94. The van der Waals surface area contributed by atoms with Crippen LogP contribution in [0.4, 0.5) is 0 Å². The van der Waals surface area contributed by atoms with Gasteiger partial charge in [-0.25, -0.2) is 0 Å². The highest BCUT2D eigenvalue weighted by Gasteiger charge is 1.93. The average molecular weight is 168 g/mol. The average Bonchev–Trinajstić information content (AvgIpc) is 2.45. The Morgan fingerprint density at radius 3 is 3.08 bits per heavy atom. The fourth-order valence-corrected chi connectivity index (χ4v) is 1.02. The number of aromatic nitrogens is 2. The Bertz CT molecular complexity index is 219. The second-order valence-electron chi connectivity index (χ2n) is 2.84. The fraction of sp³-hybridized carbons (Fsp3) is 0.625. The second kappa shape index (κ2) is 4.90. The van der Waals surface area contributed by atoms with Crippen molar-refractivity contribution in [3.05, 3.63) is 18.0 Å². The van der Waals surface area contributed by atoms with Crippen molar-refractivity contribution in [3.63, 3.8) is 0 Å². The monoisotopic (exact) mass is 168 g/mol. The number of nitrogens with one attached hydrogen (secondary N) is 1. The van der Waals surface area contributed by atoms with Crippen molar-refractivity contribution in [3.8, 4) is 0 Å². The summed E-state index contributed by atoms with van der Waals surface area (Å²) in [5.41, 5.74) is 6.57. The molecule has 1 aromatic rings. The van der Waals surface area contributed by atoms with Gasteiger partial charge in [0, 0.05) is 25.4 Å². The summed E-state index contributed by atoms with van der Waals surface area (Å²) >= 11 is 0. The van der Waals surface area contributed by atoms with Crippen LogP contribution in [-0.2, 0) is 13.6 Å². The van der Waals surface area contributed by atoms with Crippen LogP contribution < -0.4 is 11.1 Å². The van der Waals surface area contributed by atoms with E-state index in [2.05, 4.69) is 10.4 Å². The lowest BCUT2D eigenvalue weighted by molar-refractivity contribution is 0.655. The Morgan fingerprint density at radius 1 is 1.67 bits per heavy atom. The first-order valence-electron chi connectivity index (χ1n) is 4.21. The van der Waals surface area contributed by atoms with E-state index in [1.54, 1.807) is 4.68 Å². The van der Waals surface area contributed by atoms with E-state index < -0.39 is 0 Å². The minimum Gasteiger partial charge on any atom is -0.330 e. The van der Waals surface area contributed by atoms with Gasteiger partial charge in [0.2, 0.25) is 0 Å². The summed E-state index contributed by atoms with van der Waals surface area (Å²) in [4.78, 5) is 0. The molecule has 0 aliphatic heterocycles. The van der Waals surface area contributed by atoms with Gasteiger partial charge >= 0.3 is 0 Å². The van der Waals surface area contributed by atoms with Crippen LogP contribution in [-0.4, -0.2) is 22.9 Å². The first kappa shape index (κ1) is 9.22. The Hall–Kier alpha value is -0.870. The predicted molar refractivity (Wildman–Crippen MR) is 48.6 cm³/mol. The van der Waals surface area contributed by atoms with Crippen molar-refractivity contribution in [2.75, 3.05) is 13.1 Å². The van der Waals surface area contributed by atoms with Crippen LogP contribution in [0.1, 0.15) is 12.0 Å². The highest BCUT2D eigenvalue weighted by atomic mass is 15.2. The minimum absolute atomic E-state index is 0.750. The molecule has 0 spiro atoms. The molecule has 1 aromatic heterocycles. The fourth-order valence-electron chi connectivity index (χ4n) is 1.02. The maximum Gasteiger partial charge on any atom is 0.0534 e. The third kappa shape index (κ3) is 3.02. The number of nitrogens with zero attached hydrogens (tertiary/aromatic N) is 2. The largest absolute Gasteiger partial charge is 0.330 e. The van der Waals surface area contributed by atoms with E-state index in [0.29, 0.717) is 0 Å². The molecule has 0 saturated carbocycles. The summed E-state index contributed by atoms with van der Waals surface area (Å²) in [7, 11) is 1.92. The lowest BCUT2D eigenvalue weighted by atomic mass is 10.3. The molecule has 0 fully saturated rings. The Labute approximate surface area is 72.8 Å². The van der Waals surface area contributed by atoms with Crippen LogP contribution in [0.3, 0.4) is 0 Å². The maximum atomic E-state index is 5.36. The van der Waals surface area contributed by atoms with Crippen molar-refractivity contribution in [2.45, 2.75) is 13.0 Å². The minimum atomic E-state index is 0.750. The normalized spacial score (nSPS) is 10.5. The number of aryl methyl sites for hydroxylation is 1. The number of hydrogen-bond donors (Lipinski definition) is 2. The molecule has 68 valence electrons. The molecule has 0 aliphatic carbocycles. The molecule has 0 unspecified atom stereocenters. The Balaban J connectivity index is 2.15. The summed E-state index contributed by atoms with van der Waals surface area (Å²) in [5.74, 6) is 0. The first-order valence-corrected chi connectivity index (χ1v) is 4.21. The molecular formula is C8H16N4. The zero-order valence-corrected chi connectivity index (χ0v) is 7.45. The van der Waals surface area contributed by atoms with Gasteiger partial charge in [-0.1, -0.05) is 0 Å². The number of hydrogen-bond acceptors (Lipinski definition) is 3. The summed E-state index contributed by atoms with van der Waals surface area (Å²) in [6, 6.07) is 0. The Morgan fingerprint density at radius 2 is 2.50 bits per heavy atom. The van der Waals surface area contributed by atoms with Crippen LogP contribution in [0.25, 0.3) is 0 Å². The van der Waals surface area contributed by atoms with Gasteiger partial charge in [0.1, 0.15) is 0 Å². The smallest absolute Gasteiger partial charge is 0.0534 e. The van der Waals surface area contributed by atoms with Crippen molar-refractivity contribution >= 4 is 0 Å². The molecule has 0 atom stereocenters. The molecule has 4 nitrogen and oxygen atoms in total. The van der Waals surface area contributed by atoms with E-state index >= 15 is 0 Å². The van der Waals surface area contributed by atoms with Crippen LogP contribution in [0, 0.1) is 0 Å². The van der Waals surface area contributed by atoms with Crippen molar-refractivity contribution < 1.29 is 0 Å². The standard InChI is InChI=1S/C8H16N4/c1-12-7-8(6-11-12)5-10-4-2-3-9/h6-7,10H,2-5,9H2,1H3. The molecule has 4 heteroatoms. The van der Waals surface area contributed by atoms with Crippen molar-refractivity contribution in [1.82, 2.24) is 15.1 Å². The van der Waals surface area contributed by atoms with E-state index in [4.69, 9.17) is 5.73 Å². The maximum absolute atomic E-state index is 5.36. The van der Waals surface area contributed by atoms with Gasteiger partial charge in [-0.05, 0) is 19.5 Å².